The molecule has 3 rings (SSSR count). The summed E-state index contributed by atoms with van der Waals surface area (Å²) in [7, 11) is -0.864. The van der Waals surface area contributed by atoms with E-state index in [1.807, 2.05) is 0 Å². The molecule has 1 atom stereocenters. The number of benzene rings is 2. The highest BCUT2D eigenvalue weighted by Gasteiger charge is 2.29. The summed E-state index contributed by atoms with van der Waals surface area (Å²) in [6, 6.07) is 8.56. The number of Topliss-reactive ketones (excluding diaryl/α,β-unsaturated/α-hetero) is 1. The highest BCUT2D eigenvalue weighted by molar-refractivity contribution is 7.89. The number of carbonyl (C=O) groups excluding carboxylic acids is 2. The maximum Gasteiger partial charge on any atom is 0.340 e. The van der Waals surface area contributed by atoms with Gasteiger partial charge in [-0.15, -0.1) is 0 Å². The van der Waals surface area contributed by atoms with Crippen LogP contribution in [0.25, 0.3) is 0 Å². The number of halogens is 1. The van der Waals surface area contributed by atoms with Gasteiger partial charge in [-0.25, -0.2) is 13.2 Å². The molecule has 0 unspecified atom stereocenters. The molecule has 0 amide bonds. The van der Waals surface area contributed by atoms with Gasteiger partial charge in [0.25, 0.3) is 0 Å². The zero-order chi connectivity index (χ0) is 24.2. The minimum absolute atomic E-state index is 0.0271. The van der Waals surface area contributed by atoms with Crippen LogP contribution in [0.1, 0.15) is 46.9 Å². The fourth-order valence-corrected chi connectivity index (χ4v) is 5.31. The number of rotatable bonds is 8. The molecular weight excluding hydrogens is 470 g/mol. The van der Waals surface area contributed by atoms with Crippen molar-refractivity contribution in [3.05, 3.63) is 52.5 Å². The Morgan fingerprint density at radius 1 is 0.970 bits per heavy atom. The zero-order valence-electron chi connectivity index (χ0n) is 18.7. The third kappa shape index (κ3) is 5.48. The van der Waals surface area contributed by atoms with Crippen LogP contribution < -0.4 is 9.47 Å². The molecular formula is C23H26ClNO7S. The van der Waals surface area contributed by atoms with E-state index in [1.54, 1.807) is 12.1 Å². The number of hydrogen-bond donors (Lipinski definition) is 0. The highest BCUT2D eigenvalue weighted by atomic mass is 35.5. The fraction of sp³-hybridized carbons (Fsp3) is 0.391. The second-order valence-corrected chi connectivity index (χ2v) is 9.93. The van der Waals surface area contributed by atoms with Crippen molar-refractivity contribution in [1.82, 2.24) is 4.31 Å². The molecule has 2 aromatic rings. The Bertz CT molecular complexity index is 1140. The van der Waals surface area contributed by atoms with Crippen molar-refractivity contribution in [1.29, 1.82) is 0 Å². The number of piperidine rings is 1. The van der Waals surface area contributed by atoms with Crippen LogP contribution in [0.5, 0.6) is 11.5 Å². The average molecular weight is 496 g/mol. The number of methoxy groups -OCH3 is 2. The predicted octanol–water partition coefficient (Wildman–Crippen LogP) is 3.96. The Morgan fingerprint density at radius 3 is 2.30 bits per heavy atom. The van der Waals surface area contributed by atoms with Crippen LogP contribution in [0.4, 0.5) is 0 Å². The number of nitrogens with zero attached hydrogens (tertiary/aromatic N) is 1. The highest BCUT2D eigenvalue weighted by Crippen LogP contribution is 2.28. The molecule has 1 aliphatic heterocycles. The van der Waals surface area contributed by atoms with Gasteiger partial charge >= 0.3 is 5.97 Å². The number of sulfonamides is 1. The van der Waals surface area contributed by atoms with Crippen LogP contribution >= 0.6 is 11.6 Å². The summed E-state index contributed by atoms with van der Waals surface area (Å²) < 4.78 is 43.0. The van der Waals surface area contributed by atoms with Gasteiger partial charge in [0.2, 0.25) is 15.8 Å². The second-order valence-electron chi connectivity index (χ2n) is 7.58. The van der Waals surface area contributed by atoms with Crippen molar-refractivity contribution in [2.45, 2.75) is 37.2 Å². The topological polar surface area (TPSA) is 99.2 Å². The molecule has 33 heavy (non-hydrogen) atoms. The number of ether oxygens (including phenoxy) is 3. The summed E-state index contributed by atoms with van der Waals surface area (Å²) in [6.07, 6.45) is 1.39. The van der Waals surface area contributed by atoms with Crippen LogP contribution in [0, 0.1) is 0 Å². The molecule has 178 valence electrons. The van der Waals surface area contributed by atoms with Gasteiger partial charge in [-0.3, -0.25) is 4.79 Å². The number of hydrogen-bond acceptors (Lipinski definition) is 7. The van der Waals surface area contributed by atoms with E-state index in [0.29, 0.717) is 18.8 Å². The summed E-state index contributed by atoms with van der Waals surface area (Å²) in [4.78, 5) is 25.6. The third-order valence-corrected chi connectivity index (χ3v) is 7.66. The molecule has 1 saturated heterocycles. The van der Waals surface area contributed by atoms with Gasteiger partial charge in [0.15, 0.2) is 6.10 Å². The molecule has 0 aliphatic carbocycles. The molecule has 2 aromatic carbocycles. The molecule has 1 fully saturated rings. The van der Waals surface area contributed by atoms with E-state index in [1.165, 1.54) is 49.7 Å². The number of esters is 1. The number of ketones is 1. The van der Waals surface area contributed by atoms with E-state index in [0.717, 1.165) is 19.3 Å². The maximum atomic E-state index is 13.0. The third-order valence-electron chi connectivity index (χ3n) is 5.44. The summed E-state index contributed by atoms with van der Waals surface area (Å²) in [5, 5.41) is 0.0271. The van der Waals surface area contributed by atoms with Crippen molar-refractivity contribution in [2.75, 3.05) is 27.3 Å². The molecule has 8 nitrogen and oxygen atoms in total. The monoisotopic (exact) mass is 495 g/mol. The van der Waals surface area contributed by atoms with Gasteiger partial charge in [0, 0.05) is 19.2 Å². The Hall–Kier alpha value is -2.62. The molecule has 1 aliphatic rings. The van der Waals surface area contributed by atoms with Crippen LogP contribution in [-0.4, -0.2) is 57.9 Å². The van der Waals surface area contributed by atoms with Crippen LogP contribution in [-0.2, 0) is 14.8 Å². The normalized spacial score (nSPS) is 15.5. The van der Waals surface area contributed by atoms with Gasteiger partial charge < -0.3 is 14.2 Å². The summed E-state index contributed by atoms with van der Waals surface area (Å²) >= 11 is 6.16. The van der Waals surface area contributed by atoms with E-state index in [9.17, 15) is 18.0 Å². The zero-order valence-corrected chi connectivity index (χ0v) is 20.2. The Kier molecular flexibility index (Phi) is 7.99. The van der Waals surface area contributed by atoms with E-state index in [-0.39, 0.29) is 26.8 Å². The van der Waals surface area contributed by atoms with Gasteiger partial charge in [-0.2, -0.15) is 4.31 Å². The maximum absolute atomic E-state index is 13.0. The first-order valence-corrected chi connectivity index (χ1v) is 12.3. The largest absolute Gasteiger partial charge is 0.497 e. The molecule has 0 aromatic heterocycles. The second kappa shape index (κ2) is 10.5. The number of carbonyl (C=O) groups is 2. The van der Waals surface area contributed by atoms with Crippen molar-refractivity contribution in [3.8, 4) is 11.5 Å². The van der Waals surface area contributed by atoms with Gasteiger partial charge in [0.1, 0.15) is 11.5 Å². The van der Waals surface area contributed by atoms with Crippen LogP contribution in [0.3, 0.4) is 0 Å². The lowest BCUT2D eigenvalue weighted by atomic mass is 10.1. The van der Waals surface area contributed by atoms with Crippen LogP contribution in [0.2, 0.25) is 5.02 Å². The van der Waals surface area contributed by atoms with Crippen LogP contribution in [0.15, 0.2) is 41.3 Å². The average Bonchev–Trinajstić information content (AvgIpc) is 2.83. The first kappa shape index (κ1) is 25.0. The lowest BCUT2D eigenvalue weighted by Gasteiger charge is -2.26. The van der Waals surface area contributed by atoms with E-state index in [2.05, 4.69) is 0 Å². The molecule has 10 heteroatoms. The first-order valence-electron chi connectivity index (χ1n) is 10.5. The minimum atomic E-state index is -3.77. The Balaban J connectivity index is 1.81. The lowest BCUT2D eigenvalue weighted by molar-refractivity contribution is 0.0317. The smallest absolute Gasteiger partial charge is 0.340 e. The minimum Gasteiger partial charge on any atom is -0.497 e. The molecule has 0 radical (unpaired) electrons. The van der Waals surface area contributed by atoms with E-state index in [4.69, 9.17) is 25.8 Å². The van der Waals surface area contributed by atoms with Crippen molar-refractivity contribution >= 4 is 33.4 Å². The fourth-order valence-electron chi connectivity index (χ4n) is 3.57. The van der Waals surface area contributed by atoms with Crippen molar-refractivity contribution in [2.24, 2.45) is 0 Å². The summed E-state index contributed by atoms with van der Waals surface area (Å²) in [5.41, 5.74) is 0.0854. The van der Waals surface area contributed by atoms with E-state index >= 15 is 0 Å². The van der Waals surface area contributed by atoms with Gasteiger partial charge in [-0.1, -0.05) is 18.0 Å². The van der Waals surface area contributed by atoms with E-state index < -0.39 is 27.9 Å². The molecule has 1 heterocycles. The molecule has 0 N–H and O–H groups in total. The van der Waals surface area contributed by atoms with Gasteiger partial charge in [-0.05, 0) is 50.1 Å². The predicted molar refractivity (Wildman–Crippen MR) is 123 cm³/mol. The first-order chi connectivity index (χ1) is 15.7. The Morgan fingerprint density at radius 2 is 1.67 bits per heavy atom. The lowest BCUT2D eigenvalue weighted by Crippen LogP contribution is -2.35. The quantitative estimate of drug-likeness (QED) is 0.403. The van der Waals surface area contributed by atoms with Crippen molar-refractivity contribution < 1.29 is 32.2 Å². The summed E-state index contributed by atoms with van der Waals surface area (Å²) in [5.74, 6) is -0.610. The molecule has 0 bridgehead atoms. The van der Waals surface area contributed by atoms with Crippen molar-refractivity contribution in [3.63, 3.8) is 0 Å². The van der Waals surface area contributed by atoms with Gasteiger partial charge in [0.05, 0.1) is 35.3 Å². The SMILES string of the molecule is COc1ccc(C(=O)[C@H](C)OC(=O)c2cc(S(=O)(=O)N3CCCCC3)ccc2Cl)c(OC)c1. The Labute approximate surface area is 198 Å². The summed E-state index contributed by atoms with van der Waals surface area (Å²) in [6.45, 7) is 2.28. The molecule has 0 spiro atoms. The standard InChI is InChI=1S/C23H26ClNO7S/c1-15(22(26)18-9-7-16(30-2)13-21(18)31-3)32-23(27)19-14-17(8-10-20(19)24)33(28,29)25-11-5-4-6-12-25/h7-10,13-15H,4-6,11-12H2,1-3H3/t15-/m0/s1. The molecule has 0 saturated carbocycles.